The van der Waals surface area contributed by atoms with E-state index in [1.54, 1.807) is 6.20 Å². The van der Waals surface area contributed by atoms with Crippen LogP contribution >= 0.6 is 11.6 Å². The molecule has 0 aliphatic carbocycles. The molecule has 0 fully saturated rings. The average Bonchev–Trinajstić information content (AvgIpc) is 3.05. The maximum atomic E-state index is 6.03. The molecule has 126 valence electrons. The minimum atomic E-state index is 0.639. The molecular weight excluding hydrogens is 322 g/mol. The van der Waals surface area contributed by atoms with Crippen molar-refractivity contribution in [1.82, 2.24) is 19.9 Å². The number of nitrogens with one attached hydrogen (secondary N) is 2. The van der Waals surface area contributed by atoms with Crippen LogP contribution in [-0.4, -0.2) is 32.9 Å². The number of aromatic amines is 1. The summed E-state index contributed by atoms with van der Waals surface area (Å²) in [6.07, 6.45) is 3.70. The second-order valence-corrected chi connectivity index (χ2v) is 6.13. The molecule has 0 radical (unpaired) electrons. The van der Waals surface area contributed by atoms with Gasteiger partial charge in [-0.1, -0.05) is 25.4 Å². The van der Waals surface area contributed by atoms with Gasteiger partial charge in [0.2, 0.25) is 0 Å². The fourth-order valence-electron chi connectivity index (χ4n) is 2.72. The van der Waals surface area contributed by atoms with Crippen molar-refractivity contribution in [1.29, 1.82) is 0 Å². The number of pyridine rings is 1. The Bertz CT molecular complexity index is 810. The van der Waals surface area contributed by atoms with Crippen molar-refractivity contribution in [3.8, 4) is 0 Å². The lowest BCUT2D eigenvalue weighted by Crippen LogP contribution is -2.22. The van der Waals surface area contributed by atoms with Crippen LogP contribution in [0.1, 0.15) is 25.4 Å². The zero-order valence-corrected chi connectivity index (χ0v) is 14.8. The Hall–Kier alpha value is -2.11. The molecule has 24 heavy (non-hydrogen) atoms. The van der Waals surface area contributed by atoms with Crippen LogP contribution in [0.5, 0.6) is 0 Å². The van der Waals surface area contributed by atoms with Crippen LogP contribution in [0.25, 0.3) is 10.9 Å². The van der Waals surface area contributed by atoms with E-state index in [2.05, 4.69) is 39.0 Å². The third-order valence-electron chi connectivity index (χ3n) is 4.12. The van der Waals surface area contributed by atoms with E-state index in [1.807, 2.05) is 30.5 Å². The van der Waals surface area contributed by atoms with Crippen LogP contribution in [0.4, 0.5) is 5.69 Å². The lowest BCUT2D eigenvalue weighted by atomic mass is 10.2. The maximum Gasteiger partial charge on any atom is 0.125 e. The van der Waals surface area contributed by atoms with Gasteiger partial charge in [0.1, 0.15) is 5.82 Å². The van der Waals surface area contributed by atoms with E-state index in [9.17, 15) is 0 Å². The number of anilines is 1. The normalized spacial score (nSPS) is 11.3. The topological polar surface area (TPSA) is 56.8 Å². The summed E-state index contributed by atoms with van der Waals surface area (Å²) in [6.45, 7) is 7.95. The van der Waals surface area contributed by atoms with Gasteiger partial charge in [-0.3, -0.25) is 9.88 Å². The molecule has 0 spiro atoms. The van der Waals surface area contributed by atoms with Crippen LogP contribution in [0.15, 0.2) is 36.7 Å². The molecule has 0 saturated carbocycles. The number of halogens is 1. The first-order valence-electron chi connectivity index (χ1n) is 8.22. The summed E-state index contributed by atoms with van der Waals surface area (Å²) in [7, 11) is 0. The Morgan fingerprint density at radius 2 is 2.00 bits per heavy atom. The van der Waals surface area contributed by atoms with Gasteiger partial charge < -0.3 is 10.3 Å². The molecule has 2 aromatic heterocycles. The van der Waals surface area contributed by atoms with E-state index >= 15 is 0 Å². The quantitative estimate of drug-likeness (QED) is 0.679. The predicted molar refractivity (Wildman–Crippen MR) is 99.3 cm³/mol. The SMILES string of the molecule is CCN(CC)Cc1cnc(CNc2ccnc3cc(Cl)ccc23)[nH]1. The summed E-state index contributed by atoms with van der Waals surface area (Å²) in [6, 6.07) is 7.71. The van der Waals surface area contributed by atoms with Crippen molar-refractivity contribution in [2.75, 3.05) is 18.4 Å². The van der Waals surface area contributed by atoms with Crippen molar-refractivity contribution in [2.24, 2.45) is 0 Å². The van der Waals surface area contributed by atoms with Gasteiger partial charge in [-0.25, -0.2) is 4.98 Å². The molecule has 3 aromatic rings. The third-order valence-corrected chi connectivity index (χ3v) is 4.36. The van der Waals surface area contributed by atoms with Crippen LogP contribution in [0.2, 0.25) is 5.02 Å². The number of fused-ring (bicyclic) bond motifs is 1. The highest BCUT2D eigenvalue weighted by atomic mass is 35.5. The maximum absolute atomic E-state index is 6.03. The van der Waals surface area contributed by atoms with Crippen molar-refractivity contribution < 1.29 is 0 Å². The van der Waals surface area contributed by atoms with Gasteiger partial charge in [-0.15, -0.1) is 0 Å². The number of hydrogen-bond donors (Lipinski definition) is 2. The van der Waals surface area contributed by atoms with E-state index in [0.29, 0.717) is 11.6 Å². The molecule has 6 heteroatoms. The van der Waals surface area contributed by atoms with E-state index in [1.165, 1.54) is 0 Å². The van der Waals surface area contributed by atoms with Crippen molar-refractivity contribution in [3.63, 3.8) is 0 Å². The van der Waals surface area contributed by atoms with Gasteiger partial charge in [-0.05, 0) is 37.4 Å². The van der Waals surface area contributed by atoms with Crippen LogP contribution in [0.3, 0.4) is 0 Å². The first kappa shape index (κ1) is 16.7. The number of imidazole rings is 1. The first-order valence-corrected chi connectivity index (χ1v) is 8.60. The molecule has 0 saturated heterocycles. The molecule has 0 unspecified atom stereocenters. The molecule has 2 N–H and O–H groups in total. The van der Waals surface area contributed by atoms with Crippen molar-refractivity contribution >= 4 is 28.2 Å². The smallest absolute Gasteiger partial charge is 0.125 e. The highest BCUT2D eigenvalue weighted by Crippen LogP contribution is 2.24. The van der Waals surface area contributed by atoms with Gasteiger partial charge in [0.05, 0.1) is 12.1 Å². The molecule has 0 aliphatic heterocycles. The van der Waals surface area contributed by atoms with Crippen LogP contribution in [-0.2, 0) is 13.1 Å². The molecule has 0 amide bonds. The number of aromatic nitrogens is 3. The molecular formula is C18H22ClN5. The standard InChI is InChI=1S/C18H22ClN5/c1-3-24(4-2)12-14-10-22-18(23-14)11-21-16-7-8-20-17-9-13(19)5-6-15(16)17/h5-10H,3-4,11-12H2,1-2H3,(H,20,21)(H,22,23). The average molecular weight is 344 g/mol. The van der Waals surface area contributed by atoms with E-state index < -0.39 is 0 Å². The molecule has 5 nitrogen and oxygen atoms in total. The Labute approximate surface area is 147 Å². The Morgan fingerprint density at radius 3 is 2.79 bits per heavy atom. The predicted octanol–water partition coefficient (Wildman–Crippen LogP) is 4.07. The van der Waals surface area contributed by atoms with E-state index in [-0.39, 0.29) is 0 Å². The molecule has 3 rings (SSSR count). The van der Waals surface area contributed by atoms with Crippen LogP contribution in [0, 0.1) is 0 Å². The van der Waals surface area contributed by atoms with Crippen LogP contribution < -0.4 is 5.32 Å². The highest BCUT2D eigenvalue weighted by Gasteiger charge is 2.06. The third kappa shape index (κ3) is 3.86. The summed E-state index contributed by atoms with van der Waals surface area (Å²) in [5.74, 6) is 0.927. The lowest BCUT2D eigenvalue weighted by Gasteiger charge is -2.16. The summed E-state index contributed by atoms with van der Waals surface area (Å²) in [4.78, 5) is 14.6. The van der Waals surface area contributed by atoms with Gasteiger partial charge in [0.25, 0.3) is 0 Å². The molecule has 0 bridgehead atoms. The summed E-state index contributed by atoms with van der Waals surface area (Å²) in [5, 5.41) is 5.17. The zero-order valence-electron chi connectivity index (χ0n) is 14.0. The Kier molecular flexibility index (Phi) is 5.33. The Balaban J connectivity index is 1.69. The largest absolute Gasteiger partial charge is 0.377 e. The lowest BCUT2D eigenvalue weighted by molar-refractivity contribution is 0.292. The minimum absolute atomic E-state index is 0.639. The second-order valence-electron chi connectivity index (χ2n) is 5.69. The van der Waals surface area contributed by atoms with Crippen molar-refractivity contribution in [3.05, 3.63) is 53.2 Å². The monoisotopic (exact) mass is 343 g/mol. The number of hydrogen-bond acceptors (Lipinski definition) is 4. The molecule has 0 aliphatic rings. The second kappa shape index (κ2) is 7.64. The Morgan fingerprint density at radius 1 is 1.17 bits per heavy atom. The highest BCUT2D eigenvalue weighted by molar-refractivity contribution is 6.31. The first-order chi connectivity index (χ1) is 11.7. The number of nitrogens with zero attached hydrogens (tertiary/aromatic N) is 3. The van der Waals surface area contributed by atoms with Gasteiger partial charge >= 0.3 is 0 Å². The summed E-state index contributed by atoms with van der Waals surface area (Å²) >= 11 is 6.03. The van der Waals surface area contributed by atoms with Gasteiger partial charge in [0, 0.05) is 40.7 Å². The fourth-order valence-corrected chi connectivity index (χ4v) is 2.88. The van der Waals surface area contributed by atoms with E-state index in [4.69, 9.17) is 11.6 Å². The minimum Gasteiger partial charge on any atom is -0.377 e. The molecule has 0 atom stereocenters. The zero-order chi connectivity index (χ0) is 16.9. The van der Waals surface area contributed by atoms with E-state index in [0.717, 1.165) is 47.7 Å². The summed E-state index contributed by atoms with van der Waals surface area (Å²) < 4.78 is 0. The fraction of sp³-hybridized carbons (Fsp3) is 0.333. The number of rotatable bonds is 7. The molecule has 2 heterocycles. The van der Waals surface area contributed by atoms with Gasteiger partial charge in [0.15, 0.2) is 0 Å². The summed E-state index contributed by atoms with van der Waals surface area (Å²) in [5.41, 5.74) is 3.05. The molecule has 1 aromatic carbocycles. The number of H-pyrrole nitrogens is 1. The van der Waals surface area contributed by atoms with Gasteiger partial charge in [-0.2, -0.15) is 0 Å². The number of benzene rings is 1. The van der Waals surface area contributed by atoms with Crippen molar-refractivity contribution in [2.45, 2.75) is 26.9 Å².